The number of hydrogen-bond acceptors (Lipinski definition) is 2. The van der Waals surface area contributed by atoms with Crippen LogP contribution in [-0.2, 0) is 4.79 Å². The summed E-state index contributed by atoms with van der Waals surface area (Å²) in [4.78, 5) is 14.4. The number of carbonyl (C=O) groups is 1. The molecule has 1 aromatic heterocycles. The summed E-state index contributed by atoms with van der Waals surface area (Å²) in [6.07, 6.45) is 4.81. The first-order chi connectivity index (χ1) is 10.7. The second-order valence-corrected chi connectivity index (χ2v) is 5.85. The fourth-order valence-electron chi connectivity index (χ4n) is 2.78. The molecule has 1 aliphatic rings. The van der Waals surface area contributed by atoms with Gasteiger partial charge in [0.05, 0.1) is 13.1 Å². The topological polar surface area (TPSA) is 34.5 Å². The van der Waals surface area contributed by atoms with E-state index in [2.05, 4.69) is 6.92 Å². The Morgan fingerprint density at radius 3 is 2.45 bits per heavy atom. The van der Waals surface area contributed by atoms with Crippen molar-refractivity contribution in [2.45, 2.75) is 32.4 Å². The number of carbonyl (C=O) groups excluding carboxylic acids is 1. The summed E-state index contributed by atoms with van der Waals surface area (Å²) in [5, 5.41) is 0. The molecule has 0 spiro atoms. The number of amides is 1. The Balaban J connectivity index is 1.54. The molecule has 0 unspecified atom stereocenters. The van der Waals surface area contributed by atoms with Crippen molar-refractivity contribution in [3.05, 3.63) is 54.4 Å². The van der Waals surface area contributed by atoms with Crippen LogP contribution in [0, 0.1) is 6.92 Å². The van der Waals surface area contributed by atoms with Crippen molar-refractivity contribution in [1.29, 1.82) is 0 Å². The van der Waals surface area contributed by atoms with E-state index in [1.165, 1.54) is 5.56 Å². The Morgan fingerprint density at radius 1 is 1.23 bits per heavy atom. The molecule has 0 aliphatic carbocycles. The molecule has 2 aromatic rings. The van der Waals surface area contributed by atoms with E-state index in [-0.39, 0.29) is 18.1 Å². The van der Waals surface area contributed by atoms with Gasteiger partial charge < -0.3 is 14.2 Å². The zero-order valence-corrected chi connectivity index (χ0v) is 13.1. The predicted molar refractivity (Wildman–Crippen MR) is 85.9 cm³/mol. The SMILES string of the molecule is CC[C@@H](C(=O)N1CC(Oc2ccc(C)cc2)C1)n1cccc1. The molecule has 1 atom stereocenters. The molecule has 0 saturated carbocycles. The highest BCUT2D eigenvalue weighted by Crippen LogP contribution is 2.23. The number of ether oxygens (including phenoxy) is 1. The minimum atomic E-state index is -0.102. The van der Waals surface area contributed by atoms with Crippen LogP contribution >= 0.6 is 0 Å². The van der Waals surface area contributed by atoms with E-state index >= 15 is 0 Å². The average molecular weight is 298 g/mol. The molecular weight excluding hydrogens is 276 g/mol. The van der Waals surface area contributed by atoms with Gasteiger partial charge >= 0.3 is 0 Å². The van der Waals surface area contributed by atoms with E-state index in [9.17, 15) is 4.79 Å². The smallest absolute Gasteiger partial charge is 0.245 e. The summed E-state index contributed by atoms with van der Waals surface area (Å²) in [5.74, 6) is 1.06. The predicted octanol–water partition coefficient (Wildman–Crippen LogP) is 3.04. The van der Waals surface area contributed by atoms with Gasteiger partial charge in [0, 0.05) is 12.4 Å². The van der Waals surface area contributed by atoms with Gasteiger partial charge in [0.15, 0.2) is 0 Å². The number of rotatable bonds is 5. The normalized spacial score (nSPS) is 16.2. The number of aromatic nitrogens is 1. The molecule has 2 heterocycles. The summed E-state index contributed by atoms with van der Waals surface area (Å²) < 4.78 is 7.87. The third kappa shape index (κ3) is 3.01. The number of benzene rings is 1. The molecule has 0 radical (unpaired) electrons. The van der Waals surface area contributed by atoms with Crippen LogP contribution in [-0.4, -0.2) is 34.6 Å². The Labute approximate surface area is 131 Å². The van der Waals surface area contributed by atoms with Crippen molar-refractivity contribution in [3.63, 3.8) is 0 Å². The van der Waals surface area contributed by atoms with Crippen molar-refractivity contribution in [2.24, 2.45) is 0 Å². The molecule has 1 saturated heterocycles. The number of nitrogens with zero attached hydrogens (tertiary/aromatic N) is 2. The zero-order chi connectivity index (χ0) is 15.5. The van der Waals surface area contributed by atoms with Crippen LogP contribution in [0.2, 0.25) is 0 Å². The first-order valence-electron chi connectivity index (χ1n) is 7.82. The van der Waals surface area contributed by atoms with Crippen molar-refractivity contribution in [1.82, 2.24) is 9.47 Å². The van der Waals surface area contributed by atoms with Crippen molar-refractivity contribution >= 4 is 5.91 Å². The van der Waals surface area contributed by atoms with Gasteiger partial charge in [0.25, 0.3) is 0 Å². The Bertz CT molecular complexity index is 613. The third-order valence-electron chi connectivity index (χ3n) is 4.14. The lowest BCUT2D eigenvalue weighted by Crippen LogP contribution is -2.57. The van der Waals surface area contributed by atoms with Gasteiger partial charge in [-0.1, -0.05) is 24.6 Å². The molecule has 22 heavy (non-hydrogen) atoms. The monoisotopic (exact) mass is 298 g/mol. The quantitative estimate of drug-likeness (QED) is 0.850. The lowest BCUT2D eigenvalue weighted by atomic mass is 10.1. The second-order valence-electron chi connectivity index (χ2n) is 5.85. The fraction of sp³-hybridized carbons (Fsp3) is 0.389. The molecule has 1 fully saturated rings. The number of aryl methyl sites for hydroxylation is 1. The van der Waals surface area contributed by atoms with E-state index in [1.807, 2.05) is 65.2 Å². The molecule has 116 valence electrons. The first-order valence-corrected chi connectivity index (χ1v) is 7.82. The van der Waals surface area contributed by atoms with Gasteiger partial charge in [0.1, 0.15) is 17.9 Å². The van der Waals surface area contributed by atoms with Crippen molar-refractivity contribution in [3.8, 4) is 5.75 Å². The van der Waals surface area contributed by atoms with Crippen molar-refractivity contribution in [2.75, 3.05) is 13.1 Å². The number of hydrogen-bond donors (Lipinski definition) is 0. The lowest BCUT2D eigenvalue weighted by Gasteiger charge is -2.40. The van der Waals surface area contributed by atoms with Crippen LogP contribution in [0.25, 0.3) is 0 Å². The summed E-state index contributed by atoms with van der Waals surface area (Å²) in [6.45, 7) is 5.44. The highest BCUT2D eigenvalue weighted by Gasteiger charge is 2.35. The molecule has 1 aromatic carbocycles. The molecule has 4 heteroatoms. The Hall–Kier alpha value is -2.23. The average Bonchev–Trinajstić information content (AvgIpc) is 2.99. The summed E-state index contributed by atoms with van der Waals surface area (Å²) in [7, 11) is 0. The van der Waals surface area contributed by atoms with Gasteiger partial charge in [0.2, 0.25) is 5.91 Å². The highest BCUT2D eigenvalue weighted by molar-refractivity contribution is 5.81. The van der Waals surface area contributed by atoms with E-state index in [0.29, 0.717) is 13.1 Å². The fourth-order valence-corrected chi connectivity index (χ4v) is 2.78. The van der Waals surface area contributed by atoms with Gasteiger partial charge in [-0.2, -0.15) is 0 Å². The molecule has 0 N–H and O–H groups in total. The summed E-state index contributed by atoms with van der Waals surface area (Å²) in [5.41, 5.74) is 1.22. The van der Waals surface area contributed by atoms with Crippen LogP contribution in [0.1, 0.15) is 24.9 Å². The van der Waals surface area contributed by atoms with Crippen LogP contribution in [0.5, 0.6) is 5.75 Å². The summed E-state index contributed by atoms with van der Waals surface area (Å²) in [6, 6.07) is 11.8. The van der Waals surface area contributed by atoms with Crippen molar-refractivity contribution < 1.29 is 9.53 Å². The molecule has 0 bridgehead atoms. The summed E-state index contributed by atoms with van der Waals surface area (Å²) >= 11 is 0. The highest BCUT2D eigenvalue weighted by atomic mass is 16.5. The van der Waals surface area contributed by atoms with Gasteiger partial charge in [-0.05, 0) is 37.6 Å². The van der Waals surface area contributed by atoms with Gasteiger partial charge in [-0.25, -0.2) is 0 Å². The maximum atomic E-state index is 12.5. The molecule has 1 amide bonds. The maximum absolute atomic E-state index is 12.5. The molecule has 1 aliphatic heterocycles. The minimum absolute atomic E-state index is 0.102. The molecule has 3 rings (SSSR count). The van der Waals surface area contributed by atoms with Crippen LogP contribution in [0.15, 0.2) is 48.8 Å². The molecule has 4 nitrogen and oxygen atoms in total. The van der Waals surface area contributed by atoms with Gasteiger partial charge in [-0.3, -0.25) is 4.79 Å². The van der Waals surface area contributed by atoms with Gasteiger partial charge in [-0.15, -0.1) is 0 Å². The van der Waals surface area contributed by atoms with Crippen LogP contribution in [0.4, 0.5) is 0 Å². The molecular formula is C18H22N2O2. The van der Waals surface area contributed by atoms with Crippen LogP contribution in [0.3, 0.4) is 0 Å². The standard InChI is InChI=1S/C18H22N2O2/c1-3-17(19-10-4-5-11-19)18(21)20-12-16(13-20)22-15-8-6-14(2)7-9-15/h4-11,16-17H,3,12-13H2,1-2H3/t17-/m0/s1. The zero-order valence-electron chi connectivity index (χ0n) is 13.1. The van der Waals surface area contributed by atoms with E-state index in [0.717, 1.165) is 12.2 Å². The lowest BCUT2D eigenvalue weighted by molar-refractivity contribution is -0.143. The largest absolute Gasteiger partial charge is 0.487 e. The number of likely N-dealkylation sites (tertiary alicyclic amines) is 1. The maximum Gasteiger partial charge on any atom is 0.245 e. The third-order valence-corrected chi connectivity index (χ3v) is 4.14. The minimum Gasteiger partial charge on any atom is -0.487 e. The van der Waals surface area contributed by atoms with Crippen LogP contribution < -0.4 is 4.74 Å². The second kappa shape index (κ2) is 6.26. The van der Waals surface area contributed by atoms with E-state index < -0.39 is 0 Å². The Kier molecular flexibility index (Phi) is 4.18. The van der Waals surface area contributed by atoms with E-state index in [1.54, 1.807) is 0 Å². The van der Waals surface area contributed by atoms with E-state index in [4.69, 9.17) is 4.74 Å². The first kappa shape index (κ1) is 14.7. The Morgan fingerprint density at radius 2 is 1.86 bits per heavy atom.